The minimum absolute atomic E-state index is 0.000195. The van der Waals surface area contributed by atoms with Crippen molar-refractivity contribution in [1.29, 1.82) is 0 Å². The predicted molar refractivity (Wildman–Crippen MR) is 135 cm³/mol. The summed E-state index contributed by atoms with van der Waals surface area (Å²) in [5.74, 6) is -4.02. The van der Waals surface area contributed by atoms with Gasteiger partial charge in [0.05, 0.1) is 4.90 Å². The molecule has 0 spiro atoms. The molecule has 0 bridgehead atoms. The number of aromatic nitrogens is 1. The number of nitrogens with zero attached hydrogens (tertiary/aromatic N) is 2. The van der Waals surface area contributed by atoms with Crippen LogP contribution in [0.3, 0.4) is 0 Å². The number of amides is 1. The second kappa shape index (κ2) is 13.5. The number of benzene rings is 1. The van der Waals surface area contributed by atoms with Crippen LogP contribution in [-0.2, 0) is 30.9 Å². The van der Waals surface area contributed by atoms with E-state index in [1.54, 1.807) is 19.1 Å². The second-order valence-electron chi connectivity index (χ2n) is 8.04. The third-order valence-electron chi connectivity index (χ3n) is 4.92. The Morgan fingerprint density at radius 1 is 1.13 bits per heavy atom. The summed E-state index contributed by atoms with van der Waals surface area (Å²) in [5, 5.41) is 10.5. The largest absolute Gasteiger partial charge is 0.490 e. The van der Waals surface area contributed by atoms with Crippen LogP contribution in [0, 0.1) is 6.92 Å². The molecule has 0 fully saturated rings. The molecule has 39 heavy (non-hydrogen) atoms. The number of carboxylic acids is 1. The van der Waals surface area contributed by atoms with Gasteiger partial charge in [-0.3, -0.25) is 18.9 Å². The molecule has 17 heteroatoms. The molecular weight excluding hydrogens is 549 g/mol. The molecule has 0 radical (unpaired) electrons. The van der Waals surface area contributed by atoms with Crippen LogP contribution in [0.15, 0.2) is 51.2 Å². The number of carbonyl (C=O) groups excluding carboxylic acids is 1. The Hall–Kier alpha value is -4.28. The number of hydrogen-bond donors (Lipinski definition) is 5. The van der Waals surface area contributed by atoms with E-state index in [2.05, 4.69) is 9.88 Å². The van der Waals surface area contributed by atoms with Crippen LogP contribution in [0.1, 0.15) is 37.6 Å². The Morgan fingerprint density at radius 3 is 2.10 bits per heavy atom. The number of nitrogens with two attached hydrogens (primary N) is 3. The maximum atomic E-state index is 13.1. The number of hydrogen-bond acceptors (Lipinski definition) is 7. The number of pyridine rings is 1. The molecule has 2 unspecified atom stereocenters. The van der Waals surface area contributed by atoms with E-state index in [9.17, 15) is 31.2 Å². The number of nitrogens with one attached hydrogen (secondary N) is 1. The van der Waals surface area contributed by atoms with Gasteiger partial charge in [-0.1, -0.05) is 25.5 Å². The van der Waals surface area contributed by atoms with E-state index in [4.69, 9.17) is 31.9 Å². The third kappa shape index (κ3) is 9.51. The predicted octanol–water partition coefficient (Wildman–Crippen LogP) is 1.16. The lowest BCUT2D eigenvalue weighted by Gasteiger charge is -2.24. The highest BCUT2D eigenvalue weighted by molar-refractivity contribution is 7.92. The van der Waals surface area contributed by atoms with Crippen molar-refractivity contribution in [3.05, 3.63) is 58.0 Å². The Morgan fingerprint density at radius 2 is 1.67 bits per heavy atom. The molecule has 0 aliphatic carbocycles. The number of sulfonamides is 1. The number of anilines is 1. The van der Waals surface area contributed by atoms with Crippen LogP contribution >= 0.6 is 0 Å². The number of aliphatic carboxylic acids is 1. The Bertz CT molecular complexity index is 1360. The molecule has 216 valence electrons. The highest BCUT2D eigenvalue weighted by atomic mass is 32.2. The topological polar surface area (TPSA) is 222 Å². The zero-order chi connectivity index (χ0) is 30.1. The number of halogens is 3. The fourth-order valence-corrected chi connectivity index (χ4v) is 4.22. The maximum absolute atomic E-state index is 13.1. The summed E-state index contributed by atoms with van der Waals surface area (Å²) >= 11 is 0. The van der Waals surface area contributed by atoms with Crippen molar-refractivity contribution >= 4 is 33.5 Å². The standard InChI is InChI=1S/C20H28N6O5S.C2HF3O2/c1-4-5-14-7-9-15(10-8-14)32(29,30)25-16-11-6-12(2)26(19(16)28)17(18(21)27)13(3)31-24-20(22)23;3-2(4,5)1(6)7/h6-11,13,17,25H,4-5H2,1-3H3,(H2,21,27)(H4,22,23,24);(H,6,7). The number of rotatable bonds is 10. The number of carbonyl (C=O) groups is 2. The maximum Gasteiger partial charge on any atom is 0.490 e. The summed E-state index contributed by atoms with van der Waals surface area (Å²) in [6, 6.07) is 7.87. The molecule has 8 N–H and O–H groups in total. The molecule has 1 amide bonds. The van der Waals surface area contributed by atoms with Gasteiger partial charge in [0.1, 0.15) is 5.69 Å². The lowest BCUT2D eigenvalue weighted by atomic mass is 10.1. The molecule has 1 aromatic carbocycles. The van der Waals surface area contributed by atoms with E-state index in [-0.39, 0.29) is 16.5 Å². The fraction of sp³-hybridized carbons (Fsp3) is 0.364. The van der Waals surface area contributed by atoms with E-state index >= 15 is 0 Å². The summed E-state index contributed by atoms with van der Waals surface area (Å²) in [6.07, 6.45) is -4.35. The smallest absolute Gasteiger partial charge is 0.475 e. The number of aryl methyl sites for hydroxylation is 2. The van der Waals surface area contributed by atoms with E-state index in [0.717, 1.165) is 23.0 Å². The van der Waals surface area contributed by atoms with Gasteiger partial charge in [0.15, 0.2) is 12.1 Å². The molecule has 2 atom stereocenters. The van der Waals surface area contributed by atoms with Crippen molar-refractivity contribution in [3.63, 3.8) is 0 Å². The van der Waals surface area contributed by atoms with Gasteiger partial charge in [-0.2, -0.15) is 13.2 Å². The van der Waals surface area contributed by atoms with Crippen molar-refractivity contribution in [3.8, 4) is 0 Å². The zero-order valence-corrected chi connectivity index (χ0v) is 21.9. The number of primary amides is 1. The van der Waals surface area contributed by atoms with E-state index in [0.29, 0.717) is 5.69 Å². The zero-order valence-electron chi connectivity index (χ0n) is 21.1. The van der Waals surface area contributed by atoms with Crippen LogP contribution in [0.5, 0.6) is 0 Å². The molecule has 0 aliphatic rings. The van der Waals surface area contributed by atoms with Crippen LogP contribution in [0.4, 0.5) is 18.9 Å². The van der Waals surface area contributed by atoms with Gasteiger partial charge in [0.2, 0.25) is 11.9 Å². The number of carboxylic acid groups (broad SMARTS) is 1. The van der Waals surface area contributed by atoms with E-state index in [1.807, 2.05) is 6.92 Å². The highest BCUT2D eigenvalue weighted by Crippen LogP contribution is 2.20. The average Bonchev–Trinajstić information content (AvgIpc) is 2.82. The van der Waals surface area contributed by atoms with Crippen molar-refractivity contribution < 1.29 is 41.1 Å². The minimum Gasteiger partial charge on any atom is -0.475 e. The Labute approximate surface area is 221 Å². The lowest BCUT2D eigenvalue weighted by Crippen LogP contribution is -2.42. The molecule has 0 saturated carbocycles. The van der Waals surface area contributed by atoms with Gasteiger partial charge in [-0.15, -0.1) is 0 Å². The van der Waals surface area contributed by atoms with Gasteiger partial charge in [0.25, 0.3) is 15.6 Å². The summed E-state index contributed by atoms with van der Waals surface area (Å²) in [5.41, 5.74) is 16.3. The molecule has 2 rings (SSSR count). The number of oxime groups is 1. The molecular formula is C22H29F3N6O7S. The first kappa shape index (κ1) is 32.7. The van der Waals surface area contributed by atoms with Crippen molar-refractivity contribution in [2.45, 2.75) is 56.8 Å². The first-order valence-electron chi connectivity index (χ1n) is 11.1. The third-order valence-corrected chi connectivity index (χ3v) is 6.30. The number of guanidine groups is 1. The van der Waals surface area contributed by atoms with Crippen molar-refractivity contribution in [2.24, 2.45) is 22.4 Å². The second-order valence-corrected chi connectivity index (χ2v) is 9.72. The SMILES string of the molecule is CCCc1ccc(S(=O)(=O)Nc2ccc(C)n(C(C(N)=O)C(C)ON=C(N)N)c2=O)cc1.O=C(O)C(F)(F)F. The summed E-state index contributed by atoms with van der Waals surface area (Å²) < 4.78 is 60.7. The quantitative estimate of drug-likeness (QED) is 0.155. The van der Waals surface area contributed by atoms with Crippen molar-refractivity contribution in [2.75, 3.05) is 4.72 Å². The summed E-state index contributed by atoms with van der Waals surface area (Å²) in [4.78, 5) is 39.2. The number of alkyl halides is 3. The van der Waals surface area contributed by atoms with Gasteiger partial charge in [-0.05, 0) is 55.3 Å². The fourth-order valence-electron chi connectivity index (χ4n) is 3.17. The monoisotopic (exact) mass is 578 g/mol. The van der Waals surface area contributed by atoms with Crippen LogP contribution in [0.25, 0.3) is 0 Å². The first-order valence-corrected chi connectivity index (χ1v) is 12.6. The van der Waals surface area contributed by atoms with Crippen LogP contribution < -0.4 is 27.5 Å². The van der Waals surface area contributed by atoms with E-state index in [1.165, 1.54) is 31.2 Å². The molecule has 1 heterocycles. The van der Waals surface area contributed by atoms with Gasteiger partial charge in [-0.25, -0.2) is 13.2 Å². The lowest BCUT2D eigenvalue weighted by molar-refractivity contribution is -0.192. The van der Waals surface area contributed by atoms with Crippen LogP contribution in [0.2, 0.25) is 0 Å². The Kier molecular flexibility index (Phi) is 11.3. The molecule has 2 aromatic rings. The van der Waals surface area contributed by atoms with Crippen molar-refractivity contribution in [1.82, 2.24) is 4.57 Å². The minimum atomic E-state index is -5.08. The summed E-state index contributed by atoms with van der Waals surface area (Å²) in [6.45, 7) is 5.04. The molecule has 13 nitrogen and oxygen atoms in total. The average molecular weight is 579 g/mol. The van der Waals surface area contributed by atoms with Crippen LogP contribution in [-0.4, -0.2) is 48.2 Å². The molecule has 0 saturated heterocycles. The molecule has 1 aromatic heterocycles. The molecule has 0 aliphatic heterocycles. The van der Waals surface area contributed by atoms with Gasteiger partial charge < -0.3 is 27.1 Å². The first-order chi connectivity index (χ1) is 17.9. The summed E-state index contributed by atoms with van der Waals surface area (Å²) in [7, 11) is -4.05. The van der Waals surface area contributed by atoms with Gasteiger partial charge >= 0.3 is 12.1 Å². The Balaban J connectivity index is 0.000000956. The van der Waals surface area contributed by atoms with Gasteiger partial charge in [0, 0.05) is 5.69 Å². The normalized spacial score (nSPS) is 12.8. The highest BCUT2D eigenvalue weighted by Gasteiger charge is 2.38. The van der Waals surface area contributed by atoms with E-state index < -0.39 is 45.8 Å².